The number of carbonyl (C=O) groups is 5. The van der Waals surface area contributed by atoms with Crippen molar-refractivity contribution in [1.82, 2.24) is 15.6 Å². The fourth-order valence-corrected chi connectivity index (χ4v) is 5.85. The number of aliphatic hydroxyl groups is 1. The molecule has 1 fully saturated rings. The maximum Gasteiger partial charge on any atom is 0.310 e. The second-order valence-corrected chi connectivity index (χ2v) is 11.6. The van der Waals surface area contributed by atoms with Crippen molar-refractivity contribution in [2.24, 2.45) is 0 Å². The van der Waals surface area contributed by atoms with Gasteiger partial charge in [-0.25, -0.2) is 0 Å². The Morgan fingerprint density at radius 1 is 0.979 bits per heavy atom. The third-order valence-corrected chi connectivity index (χ3v) is 8.18. The highest BCUT2D eigenvalue weighted by atomic mass is 35.5. The Bertz CT molecular complexity index is 1880. The van der Waals surface area contributed by atoms with Crippen LogP contribution in [-0.2, 0) is 35.3 Å². The van der Waals surface area contributed by atoms with Crippen molar-refractivity contribution >= 4 is 63.3 Å². The number of esters is 1. The van der Waals surface area contributed by atoms with Crippen LogP contribution in [0.4, 0.5) is 11.4 Å². The highest BCUT2D eigenvalue weighted by Gasteiger charge is 2.40. The standard InChI is InChI=1S/C34H30ClN5O8/c35-22-10-11-26-27(14-22)39(29(43)18-41)16-25(38-32(45)31-23-9-5-4-8-21(23)12-13-36-31)33(46)40(26)17-28(42)37-24-15-30(44)48-34(24)47-19-20-6-2-1-3-7-20/h1-14,24-25,34,41H,15-19H2,(H,37,42)(H,38,45)/t24-,25-,34?/m0/s1. The smallest absolute Gasteiger partial charge is 0.310 e. The topological polar surface area (TPSA) is 167 Å². The Balaban J connectivity index is 1.27. The molecule has 6 rings (SSSR count). The molecule has 48 heavy (non-hydrogen) atoms. The molecule has 3 aromatic carbocycles. The molecule has 0 saturated carbocycles. The van der Waals surface area contributed by atoms with Crippen LogP contribution < -0.4 is 20.4 Å². The zero-order chi connectivity index (χ0) is 33.8. The van der Waals surface area contributed by atoms with Gasteiger partial charge in [-0.3, -0.25) is 33.9 Å². The predicted molar refractivity (Wildman–Crippen MR) is 174 cm³/mol. The SMILES string of the molecule is O=C(CN1C(=O)[C@@H](NC(=O)c2nccc3ccccc23)CN(C(=O)CO)c2cc(Cl)ccc21)N[C@H]1CC(=O)OC1OCc1ccccc1. The van der Waals surface area contributed by atoms with Crippen LogP contribution in [0.5, 0.6) is 0 Å². The summed E-state index contributed by atoms with van der Waals surface area (Å²) in [6.07, 6.45) is 0.252. The number of nitrogens with zero attached hydrogens (tertiary/aromatic N) is 3. The second kappa shape index (κ2) is 14.2. The van der Waals surface area contributed by atoms with E-state index in [1.807, 2.05) is 42.5 Å². The zero-order valence-electron chi connectivity index (χ0n) is 25.4. The lowest BCUT2D eigenvalue weighted by Gasteiger charge is -2.26. The minimum Gasteiger partial charge on any atom is -0.433 e. The number of hydrogen-bond acceptors (Lipinski definition) is 9. The number of aliphatic hydroxyl groups excluding tert-OH is 1. The molecule has 13 nitrogen and oxygen atoms in total. The van der Waals surface area contributed by atoms with E-state index in [9.17, 15) is 29.1 Å². The highest BCUT2D eigenvalue weighted by molar-refractivity contribution is 6.31. The molecule has 3 heterocycles. The minimum atomic E-state index is -1.37. The van der Waals surface area contributed by atoms with Crippen LogP contribution in [0.1, 0.15) is 22.5 Å². The van der Waals surface area contributed by atoms with E-state index in [1.165, 1.54) is 24.4 Å². The van der Waals surface area contributed by atoms with Crippen LogP contribution in [-0.4, -0.2) is 77.8 Å². The van der Waals surface area contributed by atoms with Gasteiger partial charge in [-0.05, 0) is 35.2 Å². The van der Waals surface area contributed by atoms with Crippen molar-refractivity contribution in [3.8, 4) is 0 Å². The number of hydrogen-bond donors (Lipinski definition) is 3. The maximum atomic E-state index is 14.2. The van der Waals surface area contributed by atoms with E-state index < -0.39 is 61.1 Å². The number of halogens is 1. The number of amides is 4. The van der Waals surface area contributed by atoms with Gasteiger partial charge in [0.1, 0.15) is 30.9 Å². The van der Waals surface area contributed by atoms with Crippen LogP contribution in [0.2, 0.25) is 5.02 Å². The summed E-state index contributed by atoms with van der Waals surface area (Å²) in [5.41, 5.74) is 1.18. The monoisotopic (exact) mass is 671 g/mol. The summed E-state index contributed by atoms with van der Waals surface area (Å²) in [6, 6.07) is 20.2. The van der Waals surface area contributed by atoms with E-state index >= 15 is 0 Å². The van der Waals surface area contributed by atoms with Gasteiger partial charge in [0, 0.05) is 16.6 Å². The number of pyridine rings is 1. The number of fused-ring (bicyclic) bond motifs is 2. The normalized spacial score (nSPS) is 19.0. The molecule has 1 saturated heterocycles. The van der Waals surface area contributed by atoms with Crippen molar-refractivity contribution in [2.45, 2.75) is 31.4 Å². The summed E-state index contributed by atoms with van der Waals surface area (Å²) >= 11 is 6.29. The number of carbonyl (C=O) groups excluding carboxylic acids is 5. The van der Waals surface area contributed by atoms with Crippen molar-refractivity contribution in [2.75, 3.05) is 29.5 Å². The fourth-order valence-electron chi connectivity index (χ4n) is 5.68. The molecule has 1 aromatic heterocycles. The Kier molecular flexibility index (Phi) is 9.62. The zero-order valence-corrected chi connectivity index (χ0v) is 26.1. The van der Waals surface area contributed by atoms with Crippen molar-refractivity contribution < 1.29 is 38.6 Å². The number of rotatable bonds is 9. The summed E-state index contributed by atoms with van der Waals surface area (Å²) in [6.45, 7) is -1.71. The summed E-state index contributed by atoms with van der Waals surface area (Å²) in [5, 5.41) is 16.7. The Morgan fingerprint density at radius 3 is 2.54 bits per heavy atom. The van der Waals surface area contributed by atoms with Crippen LogP contribution in [0.15, 0.2) is 85.1 Å². The molecular formula is C34H30ClN5O8. The van der Waals surface area contributed by atoms with E-state index in [4.69, 9.17) is 21.1 Å². The number of ether oxygens (including phenoxy) is 2. The average Bonchev–Trinajstić information content (AvgIpc) is 3.40. The second-order valence-electron chi connectivity index (χ2n) is 11.2. The lowest BCUT2D eigenvalue weighted by atomic mass is 10.1. The summed E-state index contributed by atoms with van der Waals surface area (Å²) in [7, 11) is 0. The van der Waals surface area contributed by atoms with Crippen LogP contribution in [0, 0.1) is 0 Å². The first-order valence-corrected chi connectivity index (χ1v) is 15.4. The number of aromatic nitrogens is 1. The lowest BCUT2D eigenvalue weighted by Crippen LogP contribution is -2.55. The molecule has 246 valence electrons. The van der Waals surface area contributed by atoms with Gasteiger partial charge in [0.05, 0.1) is 30.9 Å². The van der Waals surface area contributed by atoms with E-state index in [0.29, 0.717) is 5.39 Å². The first kappa shape index (κ1) is 32.6. The molecule has 3 N–H and O–H groups in total. The van der Waals surface area contributed by atoms with Crippen LogP contribution >= 0.6 is 11.6 Å². The van der Waals surface area contributed by atoms with Crippen LogP contribution in [0.3, 0.4) is 0 Å². The number of nitrogens with one attached hydrogen (secondary N) is 2. The van der Waals surface area contributed by atoms with E-state index in [2.05, 4.69) is 15.6 Å². The Hall–Kier alpha value is -5.37. The third-order valence-electron chi connectivity index (χ3n) is 7.95. The molecule has 0 radical (unpaired) electrons. The molecule has 3 atom stereocenters. The van der Waals surface area contributed by atoms with Gasteiger partial charge in [-0.2, -0.15) is 0 Å². The van der Waals surface area contributed by atoms with Crippen LogP contribution in [0.25, 0.3) is 10.8 Å². The number of benzene rings is 3. The van der Waals surface area contributed by atoms with Crippen molar-refractivity contribution in [3.63, 3.8) is 0 Å². The van der Waals surface area contributed by atoms with E-state index in [0.717, 1.165) is 20.7 Å². The van der Waals surface area contributed by atoms with Crippen molar-refractivity contribution in [3.05, 3.63) is 101 Å². The van der Waals surface area contributed by atoms with Gasteiger partial charge >= 0.3 is 5.97 Å². The molecule has 1 unspecified atom stereocenters. The third kappa shape index (κ3) is 6.98. The van der Waals surface area contributed by atoms with Gasteiger partial charge in [0.15, 0.2) is 0 Å². The molecular weight excluding hydrogens is 642 g/mol. The Labute approximate surface area is 279 Å². The lowest BCUT2D eigenvalue weighted by molar-refractivity contribution is -0.168. The first-order chi connectivity index (χ1) is 23.2. The number of cyclic esters (lactones) is 1. The molecule has 0 bridgehead atoms. The molecule has 2 aliphatic heterocycles. The fraction of sp³-hybridized carbons (Fsp3) is 0.235. The van der Waals surface area contributed by atoms with Gasteiger partial charge in [-0.15, -0.1) is 0 Å². The maximum absolute atomic E-state index is 14.2. The first-order valence-electron chi connectivity index (χ1n) is 15.0. The van der Waals surface area contributed by atoms with Gasteiger partial charge in [0.25, 0.3) is 17.7 Å². The molecule has 0 spiro atoms. The van der Waals surface area contributed by atoms with E-state index in [-0.39, 0.29) is 41.7 Å². The number of anilines is 2. The van der Waals surface area contributed by atoms with Gasteiger partial charge in [0.2, 0.25) is 12.2 Å². The largest absolute Gasteiger partial charge is 0.433 e. The summed E-state index contributed by atoms with van der Waals surface area (Å²) in [5.74, 6) is -3.39. The quantitative estimate of drug-likeness (QED) is 0.226. The van der Waals surface area contributed by atoms with Gasteiger partial charge < -0.3 is 30.1 Å². The summed E-state index contributed by atoms with van der Waals surface area (Å²) < 4.78 is 11.1. The predicted octanol–water partition coefficient (Wildman–Crippen LogP) is 2.33. The van der Waals surface area contributed by atoms with Gasteiger partial charge in [-0.1, -0.05) is 66.2 Å². The van der Waals surface area contributed by atoms with Crippen molar-refractivity contribution in [1.29, 1.82) is 0 Å². The highest BCUT2D eigenvalue weighted by Crippen LogP contribution is 2.35. The molecule has 2 aliphatic rings. The average molecular weight is 672 g/mol. The molecule has 0 aliphatic carbocycles. The Morgan fingerprint density at radius 2 is 1.75 bits per heavy atom. The molecule has 4 aromatic rings. The minimum absolute atomic E-state index is 0.0579. The summed E-state index contributed by atoms with van der Waals surface area (Å²) in [4.78, 5) is 73.0. The molecule has 14 heteroatoms. The van der Waals surface area contributed by atoms with E-state index in [1.54, 1.807) is 18.2 Å². The molecule has 4 amide bonds.